The van der Waals surface area contributed by atoms with Gasteiger partial charge in [-0.2, -0.15) is 13.2 Å². The summed E-state index contributed by atoms with van der Waals surface area (Å²) < 4.78 is 44.1. The highest BCUT2D eigenvalue weighted by atomic mass is 19.4. The number of rotatable bonds is 9. The van der Waals surface area contributed by atoms with Gasteiger partial charge in [-0.05, 0) is 67.7 Å². The summed E-state index contributed by atoms with van der Waals surface area (Å²) in [5.74, 6) is 2.68. The van der Waals surface area contributed by atoms with E-state index < -0.39 is 11.7 Å². The summed E-state index contributed by atoms with van der Waals surface area (Å²) in [6.07, 6.45) is 2.69. The topological polar surface area (TPSA) is 62.3 Å². The number of fused-ring (bicyclic) bond motifs is 1. The van der Waals surface area contributed by atoms with Crippen molar-refractivity contribution in [3.05, 3.63) is 77.1 Å². The van der Waals surface area contributed by atoms with Gasteiger partial charge in [0.15, 0.2) is 0 Å². The van der Waals surface area contributed by atoms with Crippen molar-refractivity contribution in [2.45, 2.75) is 37.9 Å². The summed E-state index contributed by atoms with van der Waals surface area (Å²) in [5.41, 5.74) is 2.38. The molecular formula is C27H30F3N5O. The number of halogens is 3. The second-order valence-electron chi connectivity index (χ2n) is 9.39. The first-order valence-corrected chi connectivity index (χ1v) is 12.4. The summed E-state index contributed by atoms with van der Waals surface area (Å²) in [6, 6.07) is 11.2. The highest BCUT2D eigenvalue weighted by Crippen LogP contribution is 2.34. The van der Waals surface area contributed by atoms with E-state index in [-0.39, 0.29) is 5.92 Å². The molecule has 9 heteroatoms. The van der Waals surface area contributed by atoms with Crippen LogP contribution in [0, 0.1) is 0 Å². The molecule has 0 bridgehead atoms. The van der Waals surface area contributed by atoms with Crippen LogP contribution >= 0.6 is 0 Å². The molecule has 0 radical (unpaired) electrons. The molecular weight excluding hydrogens is 467 g/mol. The zero-order valence-corrected chi connectivity index (χ0v) is 20.0. The lowest BCUT2D eigenvalue weighted by atomic mass is 9.95. The minimum absolute atomic E-state index is 0.280. The molecule has 0 spiro atoms. The van der Waals surface area contributed by atoms with E-state index in [2.05, 4.69) is 31.6 Å². The number of benzene rings is 1. The molecule has 2 aliphatic heterocycles. The van der Waals surface area contributed by atoms with Gasteiger partial charge >= 0.3 is 6.18 Å². The number of pyridine rings is 2. The molecule has 0 saturated carbocycles. The van der Waals surface area contributed by atoms with Gasteiger partial charge in [0.1, 0.15) is 24.0 Å². The van der Waals surface area contributed by atoms with Gasteiger partial charge in [-0.15, -0.1) is 0 Å². The Bertz CT molecular complexity index is 1150. The van der Waals surface area contributed by atoms with Gasteiger partial charge in [0.2, 0.25) is 0 Å². The lowest BCUT2D eigenvalue weighted by Gasteiger charge is -2.15. The minimum Gasteiger partial charge on any atom is -0.491 e. The maximum absolute atomic E-state index is 12.7. The van der Waals surface area contributed by atoms with Crippen LogP contribution in [-0.4, -0.2) is 47.7 Å². The number of nitrogens with zero attached hydrogens (tertiary/aromatic N) is 3. The van der Waals surface area contributed by atoms with Crippen molar-refractivity contribution >= 4 is 11.6 Å². The zero-order chi connectivity index (χ0) is 25.0. The van der Waals surface area contributed by atoms with Gasteiger partial charge in [0.25, 0.3) is 0 Å². The van der Waals surface area contributed by atoms with E-state index in [1.54, 1.807) is 6.20 Å². The third kappa shape index (κ3) is 6.07. The fraction of sp³-hybridized carbons (Fsp3) is 0.407. The first-order chi connectivity index (χ1) is 17.4. The standard InChI is InChI=1S/C27H30F3N5O/c28-27(29,30)22-6-3-19(4-7-22)15-31-25-8-5-20(16-32-25)13-21-17-33-26-24(21)14-23(18-34-26)36-12-11-35-9-1-2-10-35/h3-8,14,16,18,21H,1-2,9-13,15,17H2,(H,31,32)(H,33,34). The average molecular weight is 498 g/mol. The van der Waals surface area contributed by atoms with Crippen molar-refractivity contribution in [1.29, 1.82) is 0 Å². The zero-order valence-electron chi connectivity index (χ0n) is 20.0. The van der Waals surface area contributed by atoms with E-state index in [4.69, 9.17) is 4.74 Å². The molecule has 5 rings (SSSR count). The van der Waals surface area contributed by atoms with Crippen LogP contribution in [0.3, 0.4) is 0 Å². The fourth-order valence-electron chi connectivity index (χ4n) is 4.75. The molecule has 1 unspecified atom stereocenters. The van der Waals surface area contributed by atoms with Crippen LogP contribution in [-0.2, 0) is 19.1 Å². The number of alkyl halides is 3. The molecule has 190 valence electrons. The Hall–Kier alpha value is -3.33. The molecule has 6 nitrogen and oxygen atoms in total. The van der Waals surface area contributed by atoms with E-state index >= 15 is 0 Å². The number of ether oxygens (including phenoxy) is 1. The normalized spacial score (nSPS) is 17.6. The lowest BCUT2D eigenvalue weighted by Crippen LogP contribution is -2.25. The van der Waals surface area contributed by atoms with E-state index in [0.717, 1.165) is 73.0 Å². The van der Waals surface area contributed by atoms with Crippen LogP contribution in [0.4, 0.5) is 24.8 Å². The molecule has 0 aliphatic carbocycles. The summed E-state index contributed by atoms with van der Waals surface area (Å²) in [6.45, 7) is 5.15. The van der Waals surface area contributed by atoms with Gasteiger partial charge in [-0.25, -0.2) is 9.97 Å². The Kier molecular flexibility index (Phi) is 7.27. The number of anilines is 2. The Morgan fingerprint density at radius 3 is 2.50 bits per heavy atom. The van der Waals surface area contributed by atoms with Crippen molar-refractivity contribution in [3.63, 3.8) is 0 Å². The third-order valence-electron chi connectivity index (χ3n) is 6.78. The second-order valence-corrected chi connectivity index (χ2v) is 9.39. The minimum atomic E-state index is -4.32. The Labute approximate surface area is 208 Å². The molecule has 1 saturated heterocycles. The van der Waals surface area contributed by atoms with E-state index in [9.17, 15) is 13.2 Å². The van der Waals surface area contributed by atoms with Crippen molar-refractivity contribution in [1.82, 2.24) is 14.9 Å². The van der Waals surface area contributed by atoms with Crippen LogP contribution in [0.15, 0.2) is 54.9 Å². The molecule has 1 aromatic carbocycles. The first kappa shape index (κ1) is 24.4. The Balaban J connectivity index is 1.13. The van der Waals surface area contributed by atoms with Crippen molar-refractivity contribution in [2.75, 3.05) is 43.4 Å². The molecule has 3 aromatic rings. The molecule has 0 amide bonds. The molecule has 36 heavy (non-hydrogen) atoms. The third-order valence-corrected chi connectivity index (χ3v) is 6.78. The maximum Gasteiger partial charge on any atom is 0.416 e. The SMILES string of the molecule is FC(F)(F)c1ccc(CNc2ccc(CC3CNc4ncc(OCCN5CCCC5)cc43)cn2)cc1. The molecule has 4 heterocycles. The van der Waals surface area contributed by atoms with Gasteiger partial charge in [-0.3, -0.25) is 4.90 Å². The average Bonchev–Trinajstić information content (AvgIpc) is 3.54. The van der Waals surface area contributed by atoms with Crippen LogP contribution in [0.1, 0.15) is 41.0 Å². The largest absolute Gasteiger partial charge is 0.491 e. The van der Waals surface area contributed by atoms with Gasteiger partial charge in [0, 0.05) is 37.3 Å². The van der Waals surface area contributed by atoms with Crippen molar-refractivity contribution in [3.8, 4) is 5.75 Å². The summed E-state index contributed by atoms with van der Waals surface area (Å²) >= 11 is 0. The fourth-order valence-corrected chi connectivity index (χ4v) is 4.75. The monoisotopic (exact) mass is 497 g/mol. The predicted molar refractivity (Wildman–Crippen MR) is 133 cm³/mol. The maximum atomic E-state index is 12.7. The predicted octanol–water partition coefficient (Wildman–Crippen LogP) is 5.33. The number of hydrogen-bond donors (Lipinski definition) is 2. The Morgan fingerprint density at radius 1 is 1.00 bits per heavy atom. The first-order valence-electron chi connectivity index (χ1n) is 12.4. The smallest absolute Gasteiger partial charge is 0.416 e. The van der Waals surface area contributed by atoms with Gasteiger partial charge in [-0.1, -0.05) is 18.2 Å². The molecule has 2 aliphatic rings. The number of hydrogen-bond acceptors (Lipinski definition) is 6. The van der Waals surface area contributed by atoms with E-state index in [1.807, 2.05) is 18.3 Å². The molecule has 1 atom stereocenters. The van der Waals surface area contributed by atoms with Crippen LogP contribution in [0.5, 0.6) is 5.75 Å². The van der Waals surface area contributed by atoms with Crippen molar-refractivity contribution < 1.29 is 17.9 Å². The number of likely N-dealkylation sites (tertiary alicyclic amines) is 1. The summed E-state index contributed by atoms with van der Waals surface area (Å²) in [5, 5.41) is 6.55. The van der Waals surface area contributed by atoms with Gasteiger partial charge in [0.05, 0.1) is 11.8 Å². The van der Waals surface area contributed by atoms with E-state index in [0.29, 0.717) is 19.0 Å². The lowest BCUT2D eigenvalue weighted by molar-refractivity contribution is -0.137. The quantitative estimate of drug-likeness (QED) is 0.417. The summed E-state index contributed by atoms with van der Waals surface area (Å²) in [4.78, 5) is 11.5. The Morgan fingerprint density at radius 2 is 1.78 bits per heavy atom. The van der Waals surface area contributed by atoms with Crippen LogP contribution in [0.25, 0.3) is 0 Å². The molecule has 1 fully saturated rings. The second kappa shape index (κ2) is 10.7. The van der Waals surface area contributed by atoms with Crippen LogP contribution < -0.4 is 15.4 Å². The molecule has 2 N–H and O–H groups in total. The highest BCUT2D eigenvalue weighted by molar-refractivity contribution is 5.54. The molecule has 2 aromatic heterocycles. The van der Waals surface area contributed by atoms with Crippen LogP contribution in [0.2, 0.25) is 0 Å². The summed E-state index contributed by atoms with van der Waals surface area (Å²) in [7, 11) is 0. The van der Waals surface area contributed by atoms with Crippen molar-refractivity contribution in [2.24, 2.45) is 0 Å². The highest BCUT2D eigenvalue weighted by Gasteiger charge is 2.30. The number of aromatic nitrogens is 2. The number of nitrogens with one attached hydrogen (secondary N) is 2. The van der Waals surface area contributed by atoms with Gasteiger partial charge < -0.3 is 15.4 Å². The van der Waals surface area contributed by atoms with E-state index in [1.165, 1.54) is 25.0 Å².